The Balaban J connectivity index is 1.37. The zero-order valence-corrected chi connectivity index (χ0v) is 17.9. The molecule has 0 saturated heterocycles. The molecule has 0 aromatic carbocycles. The van der Waals surface area contributed by atoms with Gasteiger partial charge in [-0.1, -0.05) is 90.4 Å². The molecule has 0 aromatic rings. The van der Waals surface area contributed by atoms with Crippen LogP contribution >= 0.6 is 0 Å². The maximum atomic E-state index is 6.43. The van der Waals surface area contributed by atoms with Gasteiger partial charge in [-0.15, -0.1) is 0 Å². The second-order valence-corrected chi connectivity index (χ2v) is 10.0. The van der Waals surface area contributed by atoms with Gasteiger partial charge in [0.05, 0.1) is 5.60 Å². The molecule has 0 unspecified atom stereocenters. The SMILES string of the molecule is CCC[C@H]1CC[C@H](CC[C@H]2CC[C@H](C3(OCC)CCCCC3)CC2)CC1. The maximum absolute atomic E-state index is 6.43. The highest BCUT2D eigenvalue weighted by Gasteiger charge is 2.41. The summed E-state index contributed by atoms with van der Waals surface area (Å²) in [7, 11) is 0. The summed E-state index contributed by atoms with van der Waals surface area (Å²) < 4.78 is 6.43. The van der Waals surface area contributed by atoms with Crippen molar-refractivity contribution >= 4 is 0 Å². The Morgan fingerprint density at radius 1 is 0.654 bits per heavy atom. The first-order valence-corrected chi connectivity index (χ1v) is 12.4. The highest BCUT2D eigenvalue weighted by atomic mass is 16.5. The van der Waals surface area contributed by atoms with Crippen molar-refractivity contribution in [3.8, 4) is 0 Å². The van der Waals surface area contributed by atoms with Gasteiger partial charge in [0.2, 0.25) is 0 Å². The average Bonchev–Trinajstić information content (AvgIpc) is 2.69. The molecule has 3 aliphatic carbocycles. The molecule has 0 N–H and O–H groups in total. The van der Waals surface area contributed by atoms with Gasteiger partial charge in [0.15, 0.2) is 0 Å². The predicted molar refractivity (Wildman–Crippen MR) is 112 cm³/mol. The summed E-state index contributed by atoms with van der Waals surface area (Å²) in [5, 5.41) is 0. The van der Waals surface area contributed by atoms with Gasteiger partial charge >= 0.3 is 0 Å². The molecular weight excluding hydrogens is 316 g/mol. The van der Waals surface area contributed by atoms with E-state index in [1.165, 1.54) is 109 Å². The van der Waals surface area contributed by atoms with Crippen molar-refractivity contribution < 1.29 is 4.74 Å². The highest BCUT2D eigenvalue weighted by molar-refractivity contribution is 4.93. The van der Waals surface area contributed by atoms with Crippen molar-refractivity contribution in [1.82, 2.24) is 0 Å². The summed E-state index contributed by atoms with van der Waals surface area (Å²) in [6, 6.07) is 0. The normalized spacial score (nSPS) is 35.3. The van der Waals surface area contributed by atoms with Crippen LogP contribution in [0.1, 0.15) is 123 Å². The molecule has 26 heavy (non-hydrogen) atoms. The van der Waals surface area contributed by atoms with Crippen LogP contribution in [-0.2, 0) is 4.74 Å². The monoisotopic (exact) mass is 362 g/mol. The molecule has 0 radical (unpaired) electrons. The lowest BCUT2D eigenvalue weighted by molar-refractivity contribution is -0.117. The van der Waals surface area contributed by atoms with Crippen LogP contribution in [0, 0.1) is 23.7 Å². The smallest absolute Gasteiger partial charge is 0.0710 e. The van der Waals surface area contributed by atoms with Gasteiger partial charge in [0, 0.05) is 6.61 Å². The van der Waals surface area contributed by atoms with Gasteiger partial charge < -0.3 is 4.74 Å². The molecule has 0 heterocycles. The van der Waals surface area contributed by atoms with Crippen molar-refractivity contribution in [2.45, 2.75) is 129 Å². The van der Waals surface area contributed by atoms with Gasteiger partial charge in [-0.05, 0) is 56.3 Å². The minimum absolute atomic E-state index is 0.273. The summed E-state index contributed by atoms with van der Waals surface area (Å²) >= 11 is 0. The third-order valence-corrected chi connectivity index (χ3v) is 8.37. The second kappa shape index (κ2) is 10.5. The predicted octanol–water partition coefficient (Wildman–Crippen LogP) is 7.92. The lowest BCUT2D eigenvalue weighted by Gasteiger charge is -2.46. The van der Waals surface area contributed by atoms with E-state index in [1.807, 2.05) is 0 Å². The molecule has 3 rings (SSSR count). The van der Waals surface area contributed by atoms with E-state index >= 15 is 0 Å². The number of hydrogen-bond acceptors (Lipinski definition) is 1. The Morgan fingerprint density at radius 3 is 1.65 bits per heavy atom. The molecule has 0 bridgehead atoms. The first-order valence-electron chi connectivity index (χ1n) is 12.4. The number of ether oxygens (including phenoxy) is 1. The zero-order chi connectivity index (χ0) is 18.2. The molecule has 0 spiro atoms. The van der Waals surface area contributed by atoms with Gasteiger partial charge in [-0.2, -0.15) is 0 Å². The Morgan fingerprint density at radius 2 is 1.15 bits per heavy atom. The van der Waals surface area contributed by atoms with Gasteiger partial charge in [-0.25, -0.2) is 0 Å². The highest BCUT2D eigenvalue weighted by Crippen LogP contribution is 2.46. The van der Waals surface area contributed by atoms with Crippen LogP contribution in [0.3, 0.4) is 0 Å². The van der Waals surface area contributed by atoms with Crippen LogP contribution in [0.15, 0.2) is 0 Å². The lowest BCUT2D eigenvalue weighted by Crippen LogP contribution is -2.44. The van der Waals surface area contributed by atoms with E-state index in [0.29, 0.717) is 0 Å². The van der Waals surface area contributed by atoms with E-state index in [0.717, 1.165) is 30.3 Å². The van der Waals surface area contributed by atoms with Crippen LogP contribution in [0.25, 0.3) is 0 Å². The average molecular weight is 363 g/mol. The molecule has 0 aliphatic heterocycles. The summed E-state index contributed by atoms with van der Waals surface area (Å²) in [4.78, 5) is 0. The number of hydrogen-bond donors (Lipinski definition) is 0. The van der Waals surface area contributed by atoms with Crippen LogP contribution in [0.5, 0.6) is 0 Å². The summed E-state index contributed by atoms with van der Waals surface area (Å²) in [5.74, 6) is 4.02. The fourth-order valence-corrected chi connectivity index (χ4v) is 6.77. The fourth-order valence-electron chi connectivity index (χ4n) is 6.77. The molecule has 0 atom stereocenters. The summed E-state index contributed by atoms with van der Waals surface area (Å²) in [6.07, 6.45) is 24.9. The topological polar surface area (TPSA) is 9.23 Å². The van der Waals surface area contributed by atoms with E-state index in [1.54, 1.807) is 0 Å². The molecule has 0 amide bonds. The van der Waals surface area contributed by atoms with Crippen LogP contribution < -0.4 is 0 Å². The largest absolute Gasteiger partial charge is 0.375 e. The minimum atomic E-state index is 0.273. The Labute approximate surface area is 164 Å². The third-order valence-electron chi connectivity index (χ3n) is 8.37. The molecule has 1 nitrogen and oxygen atoms in total. The quantitative estimate of drug-likeness (QED) is 0.426. The molecule has 3 aliphatic rings. The number of rotatable bonds is 8. The van der Waals surface area contributed by atoms with Crippen molar-refractivity contribution in [3.63, 3.8) is 0 Å². The van der Waals surface area contributed by atoms with Crippen molar-refractivity contribution in [3.05, 3.63) is 0 Å². The molecule has 152 valence electrons. The zero-order valence-electron chi connectivity index (χ0n) is 17.9. The van der Waals surface area contributed by atoms with E-state index in [9.17, 15) is 0 Å². The van der Waals surface area contributed by atoms with Crippen LogP contribution in [0.2, 0.25) is 0 Å². The molecule has 1 heteroatoms. The van der Waals surface area contributed by atoms with E-state index in [2.05, 4.69) is 13.8 Å². The van der Waals surface area contributed by atoms with Crippen molar-refractivity contribution in [1.29, 1.82) is 0 Å². The summed E-state index contributed by atoms with van der Waals surface area (Å²) in [5.41, 5.74) is 0.273. The Hall–Kier alpha value is -0.0400. The molecule has 0 aromatic heterocycles. The summed E-state index contributed by atoms with van der Waals surface area (Å²) in [6.45, 7) is 5.48. The van der Waals surface area contributed by atoms with Crippen LogP contribution in [-0.4, -0.2) is 12.2 Å². The van der Waals surface area contributed by atoms with E-state index in [4.69, 9.17) is 4.74 Å². The Kier molecular flexibility index (Phi) is 8.35. The van der Waals surface area contributed by atoms with Crippen molar-refractivity contribution in [2.24, 2.45) is 23.7 Å². The standard InChI is InChI=1S/C25H46O/c1-3-8-21-9-11-22(12-10-21)13-14-23-15-17-24(18-16-23)25(26-4-2)19-6-5-7-20-25/h21-24H,3-20H2,1-2H3/t21-,22-,23-,24-. The van der Waals surface area contributed by atoms with Crippen LogP contribution in [0.4, 0.5) is 0 Å². The van der Waals surface area contributed by atoms with Gasteiger partial charge in [0.25, 0.3) is 0 Å². The Bertz CT molecular complexity index is 362. The maximum Gasteiger partial charge on any atom is 0.0710 e. The first-order chi connectivity index (χ1) is 12.8. The molecular formula is C25H46O. The second-order valence-electron chi connectivity index (χ2n) is 10.0. The molecule has 3 fully saturated rings. The van der Waals surface area contributed by atoms with Gasteiger partial charge in [-0.3, -0.25) is 0 Å². The lowest BCUT2D eigenvalue weighted by atomic mass is 9.67. The molecule has 3 saturated carbocycles. The first kappa shape index (κ1) is 20.7. The van der Waals surface area contributed by atoms with E-state index < -0.39 is 0 Å². The third kappa shape index (κ3) is 5.49. The van der Waals surface area contributed by atoms with Crippen molar-refractivity contribution in [2.75, 3.05) is 6.61 Å². The van der Waals surface area contributed by atoms with E-state index in [-0.39, 0.29) is 5.60 Å². The minimum Gasteiger partial charge on any atom is -0.375 e. The van der Waals surface area contributed by atoms with Gasteiger partial charge in [0.1, 0.15) is 0 Å². The fraction of sp³-hybridized carbons (Fsp3) is 1.00.